The maximum absolute atomic E-state index is 12.9. The van der Waals surface area contributed by atoms with Crippen molar-refractivity contribution in [2.24, 2.45) is 0 Å². The Hall–Kier alpha value is -1.20. The summed E-state index contributed by atoms with van der Waals surface area (Å²) >= 11 is 1.47. The first-order chi connectivity index (χ1) is 7.79. The van der Waals surface area contributed by atoms with Crippen LogP contribution in [0.5, 0.6) is 0 Å². The number of thiazole rings is 1. The van der Waals surface area contributed by atoms with Gasteiger partial charge in [0, 0.05) is 20.3 Å². The third kappa shape index (κ3) is 2.68. The van der Waals surface area contributed by atoms with Gasteiger partial charge in [0.25, 0.3) is 0 Å². The van der Waals surface area contributed by atoms with E-state index in [1.807, 2.05) is 0 Å². The normalized spacial score (nSPS) is 10.9. The molecule has 0 spiro atoms. The number of aromatic nitrogens is 1. The first-order valence-electron chi connectivity index (χ1n) is 5.08. The fourth-order valence-corrected chi connectivity index (χ4v) is 2.30. The van der Waals surface area contributed by atoms with E-state index < -0.39 is 0 Å². The number of ether oxygens (including phenoxy) is 1. The van der Waals surface area contributed by atoms with Crippen LogP contribution < -0.4 is 5.32 Å². The van der Waals surface area contributed by atoms with E-state index >= 15 is 0 Å². The number of nitrogens with one attached hydrogen (secondary N) is 1. The van der Waals surface area contributed by atoms with Gasteiger partial charge in [-0.2, -0.15) is 0 Å². The van der Waals surface area contributed by atoms with Crippen LogP contribution >= 0.6 is 11.3 Å². The molecule has 0 saturated heterocycles. The Morgan fingerprint density at radius 3 is 3.19 bits per heavy atom. The highest BCUT2D eigenvalue weighted by Crippen LogP contribution is 2.26. The van der Waals surface area contributed by atoms with Crippen molar-refractivity contribution >= 4 is 26.7 Å². The van der Waals surface area contributed by atoms with Gasteiger partial charge in [0.2, 0.25) is 0 Å². The molecule has 0 amide bonds. The van der Waals surface area contributed by atoms with E-state index in [9.17, 15) is 4.39 Å². The van der Waals surface area contributed by atoms with Gasteiger partial charge in [-0.25, -0.2) is 9.37 Å². The monoisotopic (exact) mass is 240 g/mol. The van der Waals surface area contributed by atoms with Gasteiger partial charge in [0.15, 0.2) is 5.13 Å². The van der Waals surface area contributed by atoms with Crippen LogP contribution in [0.2, 0.25) is 0 Å². The number of methoxy groups -OCH3 is 1. The minimum atomic E-state index is -0.220. The van der Waals surface area contributed by atoms with Gasteiger partial charge in [-0.15, -0.1) is 0 Å². The Balaban J connectivity index is 2.02. The van der Waals surface area contributed by atoms with Gasteiger partial charge in [0.1, 0.15) is 5.82 Å². The number of benzene rings is 1. The van der Waals surface area contributed by atoms with Gasteiger partial charge < -0.3 is 10.1 Å². The van der Waals surface area contributed by atoms with E-state index in [2.05, 4.69) is 10.3 Å². The summed E-state index contributed by atoms with van der Waals surface area (Å²) in [6, 6.07) is 4.63. The molecular weight excluding hydrogens is 227 g/mol. The molecule has 16 heavy (non-hydrogen) atoms. The third-order valence-corrected chi connectivity index (χ3v) is 3.13. The quantitative estimate of drug-likeness (QED) is 0.816. The maximum atomic E-state index is 12.9. The molecule has 1 aromatic heterocycles. The summed E-state index contributed by atoms with van der Waals surface area (Å²) in [6.45, 7) is 1.54. The summed E-state index contributed by atoms with van der Waals surface area (Å²) < 4.78 is 18.8. The minimum absolute atomic E-state index is 0.220. The highest BCUT2D eigenvalue weighted by molar-refractivity contribution is 7.22. The molecule has 0 atom stereocenters. The van der Waals surface area contributed by atoms with E-state index in [0.717, 1.165) is 34.9 Å². The summed E-state index contributed by atoms with van der Waals surface area (Å²) in [5.41, 5.74) is 0.834. The summed E-state index contributed by atoms with van der Waals surface area (Å²) in [7, 11) is 1.68. The Labute approximate surface area is 97.3 Å². The van der Waals surface area contributed by atoms with Gasteiger partial charge in [0.05, 0.1) is 10.2 Å². The molecule has 0 unspecified atom stereocenters. The molecule has 0 fully saturated rings. The van der Waals surface area contributed by atoms with Crippen molar-refractivity contribution in [2.75, 3.05) is 25.6 Å². The topological polar surface area (TPSA) is 34.1 Å². The number of hydrogen-bond acceptors (Lipinski definition) is 4. The molecule has 1 N–H and O–H groups in total. The average Bonchev–Trinajstić information content (AvgIpc) is 2.66. The van der Waals surface area contributed by atoms with Crippen LogP contribution in [0.15, 0.2) is 18.2 Å². The fraction of sp³-hybridized carbons (Fsp3) is 0.364. The number of halogens is 1. The van der Waals surface area contributed by atoms with Crippen LogP contribution in [-0.4, -0.2) is 25.2 Å². The molecule has 0 bridgehead atoms. The summed E-state index contributed by atoms with van der Waals surface area (Å²) in [4.78, 5) is 4.35. The number of rotatable bonds is 5. The largest absolute Gasteiger partial charge is 0.385 e. The van der Waals surface area contributed by atoms with E-state index in [-0.39, 0.29) is 5.82 Å². The fourth-order valence-electron chi connectivity index (χ4n) is 1.39. The molecule has 1 heterocycles. The third-order valence-electron chi connectivity index (χ3n) is 2.15. The molecular formula is C11H13FN2OS. The zero-order chi connectivity index (χ0) is 11.4. The van der Waals surface area contributed by atoms with Gasteiger partial charge in [-0.3, -0.25) is 0 Å². The molecule has 0 radical (unpaired) electrons. The minimum Gasteiger partial charge on any atom is -0.385 e. The smallest absolute Gasteiger partial charge is 0.183 e. The van der Waals surface area contributed by atoms with Crippen molar-refractivity contribution < 1.29 is 9.13 Å². The molecule has 86 valence electrons. The molecule has 5 heteroatoms. The average molecular weight is 240 g/mol. The van der Waals surface area contributed by atoms with Crippen molar-refractivity contribution in [3.05, 3.63) is 24.0 Å². The lowest BCUT2D eigenvalue weighted by atomic mass is 10.3. The molecule has 1 aromatic carbocycles. The molecule has 3 nitrogen and oxygen atoms in total. The van der Waals surface area contributed by atoms with Crippen LogP contribution in [0.1, 0.15) is 6.42 Å². The standard InChI is InChI=1S/C11H13FN2OS/c1-15-6-2-5-13-11-14-9-4-3-8(12)7-10(9)16-11/h3-4,7H,2,5-6H2,1H3,(H,13,14). The molecule has 0 aliphatic carbocycles. The summed E-state index contributed by atoms with van der Waals surface area (Å²) in [5, 5.41) is 4.02. The molecule has 0 saturated carbocycles. The highest BCUT2D eigenvalue weighted by Gasteiger charge is 2.03. The lowest BCUT2D eigenvalue weighted by Gasteiger charge is -2.00. The maximum Gasteiger partial charge on any atom is 0.183 e. The zero-order valence-electron chi connectivity index (χ0n) is 9.00. The Kier molecular flexibility index (Phi) is 3.69. The Morgan fingerprint density at radius 1 is 1.50 bits per heavy atom. The van der Waals surface area contributed by atoms with Gasteiger partial charge in [-0.1, -0.05) is 11.3 Å². The van der Waals surface area contributed by atoms with Crippen LogP contribution in [-0.2, 0) is 4.74 Å². The van der Waals surface area contributed by atoms with Crippen LogP contribution in [0.3, 0.4) is 0 Å². The highest BCUT2D eigenvalue weighted by atomic mass is 32.1. The van der Waals surface area contributed by atoms with Crippen molar-refractivity contribution in [1.82, 2.24) is 4.98 Å². The second kappa shape index (κ2) is 5.23. The SMILES string of the molecule is COCCCNc1nc2ccc(F)cc2s1. The predicted molar refractivity (Wildman–Crippen MR) is 64.6 cm³/mol. The lowest BCUT2D eigenvalue weighted by Crippen LogP contribution is -2.03. The second-order valence-electron chi connectivity index (χ2n) is 3.40. The van der Waals surface area contributed by atoms with Crippen LogP contribution in [0.4, 0.5) is 9.52 Å². The number of anilines is 1. The Bertz CT molecular complexity index is 472. The number of fused-ring (bicyclic) bond motifs is 1. The van der Waals surface area contributed by atoms with Crippen molar-refractivity contribution in [3.63, 3.8) is 0 Å². The van der Waals surface area contributed by atoms with E-state index in [0.29, 0.717) is 0 Å². The second-order valence-corrected chi connectivity index (χ2v) is 4.43. The van der Waals surface area contributed by atoms with E-state index in [4.69, 9.17) is 4.74 Å². The molecule has 0 aliphatic rings. The lowest BCUT2D eigenvalue weighted by molar-refractivity contribution is 0.198. The van der Waals surface area contributed by atoms with E-state index in [1.165, 1.54) is 23.5 Å². The van der Waals surface area contributed by atoms with Gasteiger partial charge >= 0.3 is 0 Å². The summed E-state index contributed by atoms with van der Waals surface area (Å²) in [6.07, 6.45) is 0.931. The van der Waals surface area contributed by atoms with Crippen LogP contribution in [0, 0.1) is 5.82 Å². The van der Waals surface area contributed by atoms with Crippen molar-refractivity contribution in [1.29, 1.82) is 0 Å². The Morgan fingerprint density at radius 2 is 2.38 bits per heavy atom. The van der Waals surface area contributed by atoms with Gasteiger partial charge in [-0.05, 0) is 24.6 Å². The molecule has 0 aliphatic heterocycles. The van der Waals surface area contributed by atoms with Crippen molar-refractivity contribution in [2.45, 2.75) is 6.42 Å². The molecule has 2 aromatic rings. The number of hydrogen-bond donors (Lipinski definition) is 1. The van der Waals surface area contributed by atoms with Crippen molar-refractivity contribution in [3.8, 4) is 0 Å². The first kappa shape index (κ1) is 11.3. The van der Waals surface area contributed by atoms with E-state index in [1.54, 1.807) is 13.2 Å². The number of nitrogens with zero attached hydrogens (tertiary/aromatic N) is 1. The van der Waals surface area contributed by atoms with Crippen LogP contribution in [0.25, 0.3) is 10.2 Å². The first-order valence-corrected chi connectivity index (χ1v) is 5.90. The summed E-state index contributed by atoms with van der Waals surface area (Å²) in [5.74, 6) is -0.220. The molecule has 2 rings (SSSR count). The zero-order valence-corrected chi connectivity index (χ0v) is 9.81. The predicted octanol–water partition coefficient (Wildman–Crippen LogP) is 2.88.